The number of ether oxygens (including phenoxy) is 1. The quantitative estimate of drug-likeness (QED) is 0.243. The zero-order chi connectivity index (χ0) is 23.9. The molecule has 0 aliphatic carbocycles. The van der Waals surface area contributed by atoms with Gasteiger partial charge in [-0.3, -0.25) is 0 Å². The molecular formula is C28H40N2O3. The number of aryl methyl sites for hydroxylation is 1. The van der Waals surface area contributed by atoms with Crippen LogP contribution in [0.2, 0.25) is 0 Å². The lowest BCUT2D eigenvalue weighted by Crippen LogP contribution is -2.35. The van der Waals surface area contributed by atoms with Gasteiger partial charge in [0.05, 0.1) is 12.2 Å². The van der Waals surface area contributed by atoms with Crippen LogP contribution in [0.25, 0.3) is 0 Å². The summed E-state index contributed by atoms with van der Waals surface area (Å²) in [4.78, 5) is 26.8. The smallest absolute Gasteiger partial charge is 0.338 e. The third-order valence-electron chi connectivity index (χ3n) is 5.68. The molecule has 180 valence electrons. The summed E-state index contributed by atoms with van der Waals surface area (Å²) in [6.07, 6.45) is 9.24. The van der Waals surface area contributed by atoms with Crippen molar-refractivity contribution in [1.29, 1.82) is 0 Å². The Kier molecular flexibility index (Phi) is 12.1. The molecule has 2 rings (SSSR count). The van der Waals surface area contributed by atoms with Crippen molar-refractivity contribution in [2.75, 3.05) is 18.5 Å². The normalized spacial score (nSPS) is 10.6. The lowest BCUT2D eigenvalue weighted by Gasteiger charge is -2.23. The molecule has 0 fully saturated rings. The van der Waals surface area contributed by atoms with Crippen molar-refractivity contribution in [3.05, 3.63) is 65.2 Å². The van der Waals surface area contributed by atoms with Crippen LogP contribution >= 0.6 is 0 Å². The summed E-state index contributed by atoms with van der Waals surface area (Å²) in [6.45, 7) is 7.82. The van der Waals surface area contributed by atoms with Gasteiger partial charge in [-0.1, -0.05) is 70.2 Å². The average molecular weight is 453 g/mol. The third kappa shape index (κ3) is 9.68. The number of nitrogens with zero attached hydrogens (tertiary/aromatic N) is 1. The van der Waals surface area contributed by atoms with Gasteiger partial charge in [0.1, 0.15) is 0 Å². The van der Waals surface area contributed by atoms with Crippen LogP contribution < -0.4 is 5.32 Å². The highest BCUT2D eigenvalue weighted by Gasteiger charge is 2.15. The third-order valence-corrected chi connectivity index (χ3v) is 5.68. The Morgan fingerprint density at radius 3 is 2.06 bits per heavy atom. The number of esters is 1. The second-order valence-corrected chi connectivity index (χ2v) is 8.48. The van der Waals surface area contributed by atoms with E-state index in [1.807, 2.05) is 4.90 Å². The monoisotopic (exact) mass is 452 g/mol. The number of rotatable bonds is 14. The number of carbonyl (C=O) groups is 2. The molecule has 33 heavy (non-hydrogen) atoms. The minimum absolute atomic E-state index is 0.121. The summed E-state index contributed by atoms with van der Waals surface area (Å²) in [5, 5.41) is 2.99. The largest absolute Gasteiger partial charge is 0.462 e. The van der Waals surface area contributed by atoms with E-state index < -0.39 is 0 Å². The number of hydrogen-bond donors (Lipinski definition) is 1. The highest BCUT2D eigenvalue weighted by atomic mass is 16.5. The first kappa shape index (κ1) is 26.4. The van der Waals surface area contributed by atoms with Gasteiger partial charge in [0, 0.05) is 18.8 Å². The molecule has 0 bridgehead atoms. The van der Waals surface area contributed by atoms with E-state index in [0.29, 0.717) is 30.9 Å². The molecule has 0 saturated carbocycles. The van der Waals surface area contributed by atoms with E-state index >= 15 is 0 Å². The summed E-state index contributed by atoms with van der Waals surface area (Å²) < 4.78 is 5.02. The summed E-state index contributed by atoms with van der Waals surface area (Å²) in [6, 6.07) is 15.3. The van der Waals surface area contributed by atoms with Gasteiger partial charge in [0.25, 0.3) is 0 Å². The second kappa shape index (κ2) is 15.1. The minimum atomic E-state index is -0.355. The van der Waals surface area contributed by atoms with Crippen molar-refractivity contribution in [1.82, 2.24) is 4.90 Å². The summed E-state index contributed by atoms with van der Waals surface area (Å²) in [5.74, 6) is -0.355. The number of anilines is 1. The van der Waals surface area contributed by atoms with E-state index in [4.69, 9.17) is 4.74 Å². The predicted octanol–water partition coefficient (Wildman–Crippen LogP) is 7.21. The molecular weight excluding hydrogens is 412 g/mol. The minimum Gasteiger partial charge on any atom is -0.462 e. The van der Waals surface area contributed by atoms with Crippen LogP contribution in [0.4, 0.5) is 10.5 Å². The fourth-order valence-corrected chi connectivity index (χ4v) is 3.68. The zero-order valence-corrected chi connectivity index (χ0v) is 20.6. The van der Waals surface area contributed by atoms with Gasteiger partial charge in [-0.05, 0) is 61.6 Å². The molecule has 0 atom stereocenters. The average Bonchev–Trinajstić information content (AvgIpc) is 2.83. The highest BCUT2D eigenvalue weighted by molar-refractivity contribution is 5.92. The van der Waals surface area contributed by atoms with Crippen LogP contribution in [0.5, 0.6) is 0 Å². The molecule has 2 aromatic rings. The Morgan fingerprint density at radius 2 is 1.42 bits per heavy atom. The first-order chi connectivity index (χ1) is 16.1. The summed E-state index contributed by atoms with van der Waals surface area (Å²) in [7, 11) is 0. The SMILES string of the molecule is CCCCCCCN(Cc1ccc(CCCC)cc1)C(=O)Nc1ccc(C(=O)OCC)cc1. The summed E-state index contributed by atoms with van der Waals surface area (Å²) in [5.41, 5.74) is 3.62. The molecule has 5 nitrogen and oxygen atoms in total. The van der Waals surface area contributed by atoms with Crippen LogP contribution in [0.3, 0.4) is 0 Å². The number of unbranched alkanes of at least 4 members (excludes halogenated alkanes) is 5. The molecule has 0 radical (unpaired) electrons. The maximum Gasteiger partial charge on any atom is 0.338 e. The molecule has 0 saturated heterocycles. The predicted molar refractivity (Wildman–Crippen MR) is 136 cm³/mol. The molecule has 0 aliphatic rings. The van der Waals surface area contributed by atoms with Crippen molar-refractivity contribution in [3.63, 3.8) is 0 Å². The molecule has 0 heterocycles. The molecule has 0 aliphatic heterocycles. The number of amides is 2. The van der Waals surface area contributed by atoms with Crippen molar-refractivity contribution < 1.29 is 14.3 Å². The van der Waals surface area contributed by atoms with Crippen molar-refractivity contribution >= 4 is 17.7 Å². The first-order valence-corrected chi connectivity index (χ1v) is 12.5. The van der Waals surface area contributed by atoms with E-state index in [1.165, 1.54) is 37.7 Å². The number of nitrogens with one attached hydrogen (secondary N) is 1. The maximum atomic E-state index is 13.1. The first-order valence-electron chi connectivity index (χ1n) is 12.5. The Morgan fingerprint density at radius 1 is 0.788 bits per heavy atom. The van der Waals surface area contributed by atoms with Crippen molar-refractivity contribution in [2.45, 2.75) is 78.7 Å². The van der Waals surface area contributed by atoms with Gasteiger partial charge in [0.15, 0.2) is 0 Å². The fourth-order valence-electron chi connectivity index (χ4n) is 3.68. The maximum absolute atomic E-state index is 13.1. The zero-order valence-electron chi connectivity index (χ0n) is 20.6. The van der Waals surface area contributed by atoms with Gasteiger partial charge < -0.3 is 15.0 Å². The number of urea groups is 1. The molecule has 0 unspecified atom stereocenters. The second-order valence-electron chi connectivity index (χ2n) is 8.48. The van der Waals surface area contributed by atoms with Gasteiger partial charge in [0.2, 0.25) is 0 Å². The summed E-state index contributed by atoms with van der Waals surface area (Å²) >= 11 is 0. The van der Waals surface area contributed by atoms with E-state index in [9.17, 15) is 9.59 Å². The topological polar surface area (TPSA) is 58.6 Å². The molecule has 2 amide bonds. The van der Waals surface area contributed by atoms with Crippen LogP contribution in [0, 0.1) is 0 Å². The standard InChI is InChI=1S/C28H40N2O3/c1-4-7-9-10-11-21-30(22-24-15-13-23(14-16-24)12-8-5-2)28(32)29-26-19-17-25(18-20-26)27(31)33-6-3/h13-20H,4-12,21-22H2,1-3H3,(H,29,32). The van der Waals surface area contributed by atoms with Crippen LogP contribution in [-0.2, 0) is 17.7 Å². The van der Waals surface area contributed by atoms with E-state index in [-0.39, 0.29) is 12.0 Å². The Hall–Kier alpha value is -2.82. The van der Waals surface area contributed by atoms with E-state index in [2.05, 4.69) is 43.4 Å². The van der Waals surface area contributed by atoms with Crippen molar-refractivity contribution in [2.24, 2.45) is 0 Å². The highest BCUT2D eigenvalue weighted by Crippen LogP contribution is 2.15. The Labute approximate surface area is 199 Å². The lowest BCUT2D eigenvalue weighted by molar-refractivity contribution is 0.0526. The molecule has 2 aromatic carbocycles. The van der Waals surface area contributed by atoms with Gasteiger partial charge >= 0.3 is 12.0 Å². The molecule has 0 spiro atoms. The number of carbonyl (C=O) groups excluding carboxylic acids is 2. The fraction of sp³-hybridized carbons (Fsp3) is 0.500. The molecule has 5 heteroatoms. The van der Waals surface area contributed by atoms with Gasteiger partial charge in [-0.25, -0.2) is 9.59 Å². The number of benzene rings is 2. The van der Waals surface area contributed by atoms with Gasteiger partial charge in [-0.15, -0.1) is 0 Å². The molecule has 1 N–H and O–H groups in total. The van der Waals surface area contributed by atoms with E-state index in [0.717, 1.165) is 24.8 Å². The number of hydrogen-bond acceptors (Lipinski definition) is 3. The van der Waals surface area contributed by atoms with Crippen LogP contribution in [0.15, 0.2) is 48.5 Å². The Balaban J connectivity index is 2.02. The Bertz CT molecular complexity index is 831. The van der Waals surface area contributed by atoms with Crippen LogP contribution in [-0.4, -0.2) is 30.1 Å². The van der Waals surface area contributed by atoms with Gasteiger partial charge in [-0.2, -0.15) is 0 Å². The van der Waals surface area contributed by atoms with Crippen LogP contribution in [0.1, 0.15) is 87.2 Å². The molecule has 0 aromatic heterocycles. The van der Waals surface area contributed by atoms with E-state index in [1.54, 1.807) is 31.2 Å². The lowest BCUT2D eigenvalue weighted by atomic mass is 10.1. The van der Waals surface area contributed by atoms with Crippen molar-refractivity contribution in [3.8, 4) is 0 Å².